The molecule has 1 heterocycles. The minimum absolute atomic E-state index is 0.630. The van der Waals surface area contributed by atoms with Crippen LogP contribution in [0, 0.1) is 0 Å². The van der Waals surface area contributed by atoms with Gasteiger partial charge in [-0.1, -0.05) is 23.8 Å². The quantitative estimate of drug-likeness (QED) is 0.586. The Kier molecular flexibility index (Phi) is 6.88. The molecule has 1 aromatic heterocycles. The van der Waals surface area contributed by atoms with Gasteiger partial charge in [0, 0.05) is 24.5 Å². The predicted molar refractivity (Wildman–Crippen MR) is 70.3 cm³/mol. The van der Waals surface area contributed by atoms with Crippen LogP contribution in [0.1, 0.15) is 20.3 Å². The molecule has 84 valence electrons. The average Bonchev–Trinajstić information content (AvgIpc) is 2.29. The highest BCUT2D eigenvalue weighted by atomic mass is 33.1. The van der Waals surface area contributed by atoms with Crippen LogP contribution in [0.15, 0.2) is 29.4 Å². The first-order valence-electron chi connectivity index (χ1n) is 5.26. The molecule has 1 N–H and O–H groups in total. The van der Waals surface area contributed by atoms with Crippen molar-refractivity contribution in [2.75, 3.05) is 12.3 Å². The summed E-state index contributed by atoms with van der Waals surface area (Å²) in [6, 6.07) is 6.64. The second kappa shape index (κ2) is 8.02. The molecule has 2 nitrogen and oxygen atoms in total. The standard InChI is InChI=1S/C11H18N2S2/c1-3-10(2)12-8-9-14-15-11-6-4-5-7-13-11/h4-7,10,12H,3,8-9H2,1-2H3. The van der Waals surface area contributed by atoms with Crippen LogP contribution in [0.5, 0.6) is 0 Å². The van der Waals surface area contributed by atoms with E-state index in [0.717, 1.165) is 17.3 Å². The highest BCUT2D eigenvalue weighted by molar-refractivity contribution is 8.76. The van der Waals surface area contributed by atoms with Crippen molar-refractivity contribution in [2.24, 2.45) is 0 Å². The number of nitrogens with zero attached hydrogens (tertiary/aromatic N) is 1. The maximum absolute atomic E-state index is 4.25. The summed E-state index contributed by atoms with van der Waals surface area (Å²) in [7, 11) is 3.60. The second-order valence-electron chi connectivity index (χ2n) is 3.34. The van der Waals surface area contributed by atoms with Gasteiger partial charge >= 0.3 is 0 Å². The number of rotatable bonds is 7. The highest BCUT2D eigenvalue weighted by Crippen LogP contribution is 2.28. The largest absolute Gasteiger partial charge is 0.313 e. The van der Waals surface area contributed by atoms with Crippen molar-refractivity contribution in [3.63, 3.8) is 0 Å². The summed E-state index contributed by atoms with van der Waals surface area (Å²) in [4.78, 5) is 4.25. The molecule has 0 aliphatic carbocycles. The molecule has 1 rings (SSSR count). The van der Waals surface area contributed by atoms with Crippen LogP contribution in [-0.4, -0.2) is 23.3 Å². The van der Waals surface area contributed by atoms with E-state index in [2.05, 4.69) is 24.1 Å². The Bertz CT molecular complexity index is 254. The molecule has 0 saturated carbocycles. The minimum atomic E-state index is 0.630. The monoisotopic (exact) mass is 242 g/mol. The smallest absolute Gasteiger partial charge is 0.106 e. The van der Waals surface area contributed by atoms with E-state index < -0.39 is 0 Å². The molecule has 0 spiro atoms. The summed E-state index contributed by atoms with van der Waals surface area (Å²) in [5.41, 5.74) is 0. The van der Waals surface area contributed by atoms with E-state index >= 15 is 0 Å². The van der Waals surface area contributed by atoms with Crippen LogP contribution in [0.3, 0.4) is 0 Å². The summed E-state index contributed by atoms with van der Waals surface area (Å²) in [5, 5.41) is 4.55. The number of aromatic nitrogens is 1. The zero-order valence-electron chi connectivity index (χ0n) is 9.27. The first kappa shape index (κ1) is 12.9. The fraction of sp³-hybridized carbons (Fsp3) is 0.545. The number of hydrogen-bond acceptors (Lipinski definition) is 4. The Labute approximate surface area is 100 Å². The highest BCUT2D eigenvalue weighted by Gasteiger charge is 1.97. The van der Waals surface area contributed by atoms with Crippen molar-refractivity contribution >= 4 is 21.6 Å². The molecule has 4 heteroatoms. The van der Waals surface area contributed by atoms with Gasteiger partial charge < -0.3 is 5.32 Å². The van der Waals surface area contributed by atoms with E-state index in [9.17, 15) is 0 Å². The molecular formula is C11H18N2S2. The molecule has 0 saturated heterocycles. The van der Waals surface area contributed by atoms with Crippen LogP contribution < -0.4 is 5.32 Å². The lowest BCUT2D eigenvalue weighted by Gasteiger charge is -2.09. The van der Waals surface area contributed by atoms with Crippen molar-refractivity contribution in [3.05, 3.63) is 24.4 Å². The van der Waals surface area contributed by atoms with E-state index in [0.29, 0.717) is 6.04 Å². The van der Waals surface area contributed by atoms with Crippen LogP contribution in [0.4, 0.5) is 0 Å². The van der Waals surface area contributed by atoms with Gasteiger partial charge in [-0.3, -0.25) is 0 Å². The van der Waals surface area contributed by atoms with Crippen molar-refractivity contribution < 1.29 is 0 Å². The molecule has 1 unspecified atom stereocenters. The summed E-state index contributed by atoms with van der Waals surface area (Å²) in [6.45, 7) is 5.49. The minimum Gasteiger partial charge on any atom is -0.313 e. The molecule has 15 heavy (non-hydrogen) atoms. The van der Waals surface area contributed by atoms with E-state index in [4.69, 9.17) is 0 Å². The molecule has 0 aromatic carbocycles. The summed E-state index contributed by atoms with van der Waals surface area (Å²) in [5.74, 6) is 1.12. The van der Waals surface area contributed by atoms with Gasteiger partial charge in [0.1, 0.15) is 5.03 Å². The van der Waals surface area contributed by atoms with Gasteiger partial charge in [-0.2, -0.15) is 0 Å². The lowest BCUT2D eigenvalue weighted by atomic mass is 10.3. The van der Waals surface area contributed by atoms with Crippen LogP contribution in [-0.2, 0) is 0 Å². The van der Waals surface area contributed by atoms with Crippen molar-refractivity contribution in [2.45, 2.75) is 31.3 Å². The lowest BCUT2D eigenvalue weighted by molar-refractivity contribution is 0.555. The maximum Gasteiger partial charge on any atom is 0.106 e. The fourth-order valence-electron chi connectivity index (χ4n) is 0.990. The first-order chi connectivity index (χ1) is 7.33. The van der Waals surface area contributed by atoms with Crippen molar-refractivity contribution in [1.82, 2.24) is 10.3 Å². The van der Waals surface area contributed by atoms with E-state index in [1.807, 2.05) is 35.2 Å². The van der Waals surface area contributed by atoms with Crippen molar-refractivity contribution in [3.8, 4) is 0 Å². The Balaban J connectivity index is 2.03. The van der Waals surface area contributed by atoms with E-state index in [-0.39, 0.29) is 0 Å². The third-order valence-corrected chi connectivity index (χ3v) is 4.34. The maximum atomic E-state index is 4.25. The molecule has 1 aromatic rings. The Morgan fingerprint density at radius 1 is 1.47 bits per heavy atom. The third kappa shape index (κ3) is 6.07. The lowest BCUT2D eigenvalue weighted by Crippen LogP contribution is -2.27. The Morgan fingerprint density at radius 2 is 2.33 bits per heavy atom. The van der Waals surface area contributed by atoms with Crippen LogP contribution >= 0.6 is 21.6 Å². The number of hydrogen-bond donors (Lipinski definition) is 1. The molecule has 0 aliphatic heterocycles. The summed E-state index contributed by atoms with van der Waals surface area (Å²) < 4.78 is 0. The van der Waals surface area contributed by atoms with Gasteiger partial charge in [-0.05, 0) is 36.3 Å². The Morgan fingerprint density at radius 3 is 3.00 bits per heavy atom. The van der Waals surface area contributed by atoms with Gasteiger partial charge in [0.25, 0.3) is 0 Å². The van der Waals surface area contributed by atoms with Gasteiger partial charge in [-0.25, -0.2) is 4.98 Å². The average molecular weight is 242 g/mol. The molecule has 1 atom stereocenters. The van der Waals surface area contributed by atoms with E-state index in [1.54, 1.807) is 10.8 Å². The summed E-state index contributed by atoms with van der Waals surface area (Å²) in [6.07, 6.45) is 3.03. The van der Waals surface area contributed by atoms with Gasteiger partial charge in [0.05, 0.1) is 0 Å². The third-order valence-electron chi connectivity index (χ3n) is 2.07. The number of nitrogens with one attached hydrogen (secondary N) is 1. The molecule has 0 fully saturated rings. The van der Waals surface area contributed by atoms with Gasteiger partial charge in [0.15, 0.2) is 0 Å². The fourth-order valence-corrected chi connectivity index (χ4v) is 2.79. The first-order valence-corrected chi connectivity index (χ1v) is 7.58. The molecule has 0 aliphatic rings. The second-order valence-corrected chi connectivity index (χ2v) is 5.77. The van der Waals surface area contributed by atoms with Crippen molar-refractivity contribution in [1.29, 1.82) is 0 Å². The van der Waals surface area contributed by atoms with Crippen LogP contribution in [0.2, 0.25) is 0 Å². The van der Waals surface area contributed by atoms with Crippen LogP contribution in [0.25, 0.3) is 0 Å². The SMILES string of the molecule is CCC(C)NCCSSc1ccccn1. The zero-order chi connectivity index (χ0) is 10.9. The van der Waals surface area contributed by atoms with E-state index in [1.165, 1.54) is 6.42 Å². The zero-order valence-corrected chi connectivity index (χ0v) is 10.9. The molecule has 0 radical (unpaired) electrons. The number of pyridine rings is 1. The molecule has 0 bridgehead atoms. The summed E-state index contributed by atoms with van der Waals surface area (Å²) >= 11 is 0. The van der Waals surface area contributed by atoms with Gasteiger partial charge in [0.2, 0.25) is 0 Å². The van der Waals surface area contributed by atoms with Gasteiger partial charge in [-0.15, -0.1) is 0 Å². The molecular weight excluding hydrogens is 224 g/mol. The molecule has 0 amide bonds. The Hall–Kier alpha value is -0.190. The predicted octanol–water partition coefficient (Wildman–Crippen LogP) is 3.21. The normalized spacial score (nSPS) is 12.7. The topological polar surface area (TPSA) is 24.9 Å².